The van der Waals surface area contributed by atoms with E-state index in [-0.39, 0.29) is 19.0 Å². The van der Waals surface area contributed by atoms with Gasteiger partial charge in [0.2, 0.25) is 0 Å². The van der Waals surface area contributed by atoms with E-state index >= 15 is 0 Å². The van der Waals surface area contributed by atoms with E-state index in [4.69, 9.17) is 5.11 Å². The lowest BCUT2D eigenvalue weighted by Crippen LogP contribution is -3.00. The third-order valence-electron chi connectivity index (χ3n) is 3.33. The van der Waals surface area contributed by atoms with Crippen LogP contribution in [0.15, 0.2) is 12.7 Å². The summed E-state index contributed by atoms with van der Waals surface area (Å²) in [6, 6.07) is 0. The summed E-state index contributed by atoms with van der Waals surface area (Å²) in [4.78, 5) is 0. The molecule has 0 spiro atoms. The minimum Gasteiger partial charge on any atom is -1.00 e. The Morgan fingerprint density at radius 1 is 1.22 bits per heavy atom. The number of halogens is 1. The van der Waals surface area contributed by atoms with E-state index in [1.165, 1.54) is 25.7 Å². The van der Waals surface area contributed by atoms with Gasteiger partial charge < -0.3 is 27.1 Å². The Kier molecular flexibility index (Phi) is 13.5. The SMILES string of the molecule is C=CC[N+](C)(CCCCCC)CCC(O)CO.[Cl-]. The van der Waals surface area contributed by atoms with E-state index in [2.05, 4.69) is 20.6 Å². The van der Waals surface area contributed by atoms with Crippen LogP contribution in [0.25, 0.3) is 0 Å². The zero-order valence-electron chi connectivity index (χ0n) is 11.9. The van der Waals surface area contributed by atoms with Gasteiger partial charge in [-0.15, -0.1) is 0 Å². The molecular weight excluding hydrogens is 250 g/mol. The first-order valence-electron chi connectivity index (χ1n) is 6.81. The number of hydrogen-bond acceptors (Lipinski definition) is 2. The number of likely N-dealkylation sites (N-methyl/N-ethyl adjacent to an activating group) is 1. The molecule has 0 heterocycles. The number of unbranched alkanes of at least 4 members (excludes halogenated alkanes) is 3. The van der Waals surface area contributed by atoms with Gasteiger partial charge in [0.15, 0.2) is 0 Å². The number of aliphatic hydroxyl groups is 2. The molecule has 2 atom stereocenters. The van der Waals surface area contributed by atoms with Crippen molar-refractivity contribution in [1.29, 1.82) is 0 Å². The summed E-state index contributed by atoms with van der Waals surface area (Å²) in [6.07, 6.45) is 7.10. The van der Waals surface area contributed by atoms with Crippen LogP contribution in [-0.4, -0.2) is 54.1 Å². The molecule has 110 valence electrons. The van der Waals surface area contributed by atoms with E-state index in [1.807, 2.05) is 6.08 Å². The predicted molar refractivity (Wildman–Crippen MR) is 72.8 cm³/mol. The van der Waals surface area contributed by atoms with Crippen LogP contribution in [0.2, 0.25) is 0 Å². The molecule has 0 aromatic heterocycles. The number of hydrogen-bond donors (Lipinski definition) is 2. The first-order valence-corrected chi connectivity index (χ1v) is 6.81. The average Bonchev–Trinajstić information content (AvgIpc) is 2.32. The summed E-state index contributed by atoms with van der Waals surface area (Å²) in [7, 11) is 2.21. The molecule has 18 heavy (non-hydrogen) atoms. The molecule has 0 aliphatic carbocycles. The summed E-state index contributed by atoms with van der Waals surface area (Å²) >= 11 is 0. The zero-order valence-corrected chi connectivity index (χ0v) is 12.7. The lowest BCUT2D eigenvalue weighted by molar-refractivity contribution is -0.904. The van der Waals surface area contributed by atoms with E-state index in [0.29, 0.717) is 6.42 Å². The van der Waals surface area contributed by atoms with Crippen molar-refractivity contribution in [2.24, 2.45) is 0 Å². The van der Waals surface area contributed by atoms with Crippen LogP contribution in [0, 0.1) is 0 Å². The molecule has 0 saturated carbocycles. The van der Waals surface area contributed by atoms with Crippen molar-refractivity contribution >= 4 is 0 Å². The van der Waals surface area contributed by atoms with Gasteiger partial charge in [-0.1, -0.05) is 26.3 Å². The highest BCUT2D eigenvalue weighted by molar-refractivity contribution is 4.66. The molecule has 0 aliphatic rings. The first-order chi connectivity index (χ1) is 8.08. The fourth-order valence-electron chi connectivity index (χ4n) is 2.08. The minimum absolute atomic E-state index is 0. The molecule has 0 saturated heterocycles. The van der Waals surface area contributed by atoms with Crippen LogP contribution >= 0.6 is 0 Å². The van der Waals surface area contributed by atoms with Crippen molar-refractivity contribution < 1.29 is 27.1 Å². The van der Waals surface area contributed by atoms with Crippen LogP contribution in [-0.2, 0) is 0 Å². The van der Waals surface area contributed by atoms with Crippen molar-refractivity contribution in [2.45, 2.75) is 45.1 Å². The monoisotopic (exact) mass is 279 g/mol. The number of quaternary nitrogens is 1. The second-order valence-electron chi connectivity index (χ2n) is 5.22. The Bertz CT molecular complexity index is 202. The maximum atomic E-state index is 9.41. The highest BCUT2D eigenvalue weighted by Crippen LogP contribution is 2.10. The van der Waals surface area contributed by atoms with Gasteiger partial charge in [-0.25, -0.2) is 0 Å². The maximum Gasteiger partial charge on any atom is 0.0969 e. The predicted octanol–water partition coefficient (Wildman–Crippen LogP) is -1.05. The second-order valence-corrected chi connectivity index (χ2v) is 5.22. The third kappa shape index (κ3) is 9.89. The molecule has 4 heteroatoms. The molecule has 0 aliphatic heterocycles. The van der Waals surface area contributed by atoms with Gasteiger partial charge in [0, 0.05) is 6.42 Å². The van der Waals surface area contributed by atoms with Crippen molar-refractivity contribution in [3.05, 3.63) is 12.7 Å². The van der Waals surface area contributed by atoms with E-state index in [0.717, 1.165) is 24.1 Å². The fraction of sp³-hybridized carbons (Fsp3) is 0.857. The molecule has 2 N–H and O–H groups in total. The summed E-state index contributed by atoms with van der Waals surface area (Å²) in [5, 5.41) is 18.2. The van der Waals surface area contributed by atoms with Gasteiger partial charge in [0.25, 0.3) is 0 Å². The molecule has 0 aromatic carbocycles. The topological polar surface area (TPSA) is 40.5 Å². The quantitative estimate of drug-likeness (QED) is 0.288. The number of nitrogens with zero attached hydrogens (tertiary/aromatic N) is 1. The lowest BCUT2D eigenvalue weighted by Gasteiger charge is -2.34. The van der Waals surface area contributed by atoms with Gasteiger partial charge in [0.1, 0.15) is 0 Å². The Hall–Kier alpha value is -0.0900. The molecular formula is C14H30ClNO2. The van der Waals surface area contributed by atoms with Gasteiger partial charge in [-0.05, 0) is 18.9 Å². The highest BCUT2D eigenvalue weighted by atomic mass is 35.5. The molecule has 0 amide bonds. The molecule has 0 bridgehead atoms. The average molecular weight is 280 g/mol. The van der Waals surface area contributed by atoms with Gasteiger partial charge >= 0.3 is 0 Å². The molecule has 0 aromatic rings. The van der Waals surface area contributed by atoms with E-state index in [1.54, 1.807) is 0 Å². The van der Waals surface area contributed by atoms with Crippen LogP contribution in [0.4, 0.5) is 0 Å². The smallest absolute Gasteiger partial charge is 0.0969 e. The van der Waals surface area contributed by atoms with Gasteiger partial charge in [-0.3, -0.25) is 0 Å². The van der Waals surface area contributed by atoms with Gasteiger partial charge in [-0.2, -0.15) is 0 Å². The normalized spacial score (nSPS) is 15.6. The lowest BCUT2D eigenvalue weighted by atomic mass is 10.1. The molecule has 3 nitrogen and oxygen atoms in total. The first kappa shape index (κ1) is 20.2. The summed E-state index contributed by atoms with van der Waals surface area (Å²) < 4.78 is 0.921. The number of rotatable bonds is 11. The zero-order chi connectivity index (χ0) is 13.1. The van der Waals surface area contributed by atoms with Crippen molar-refractivity contribution in [3.8, 4) is 0 Å². The maximum absolute atomic E-state index is 9.41. The largest absolute Gasteiger partial charge is 1.00 e. The molecule has 0 radical (unpaired) electrons. The standard InChI is InChI=1S/C14H30NO2.ClH/c1-4-6-7-8-11-15(3,10-5-2)12-9-14(17)13-16;/h5,14,16-17H,2,4,6-13H2,1,3H3;1H/q+1;/p-1. The van der Waals surface area contributed by atoms with Crippen LogP contribution in [0.1, 0.15) is 39.0 Å². The summed E-state index contributed by atoms with van der Waals surface area (Å²) in [5.74, 6) is 0. The van der Waals surface area contributed by atoms with E-state index < -0.39 is 6.10 Å². The van der Waals surface area contributed by atoms with Crippen molar-refractivity contribution in [3.63, 3.8) is 0 Å². The minimum atomic E-state index is -0.576. The third-order valence-corrected chi connectivity index (χ3v) is 3.33. The Morgan fingerprint density at radius 2 is 1.89 bits per heavy atom. The van der Waals surface area contributed by atoms with Crippen LogP contribution in [0.3, 0.4) is 0 Å². The molecule has 0 fully saturated rings. The van der Waals surface area contributed by atoms with Crippen molar-refractivity contribution in [1.82, 2.24) is 0 Å². The summed E-state index contributed by atoms with van der Waals surface area (Å²) in [6.45, 7) is 8.86. The second kappa shape index (κ2) is 12.0. The Morgan fingerprint density at radius 3 is 2.39 bits per heavy atom. The summed E-state index contributed by atoms with van der Waals surface area (Å²) in [5.41, 5.74) is 0. The van der Waals surface area contributed by atoms with Crippen LogP contribution < -0.4 is 12.4 Å². The van der Waals surface area contributed by atoms with Gasteiger partial charge in [0.05, 0.1) is 39.4 Å². The highest BCUT2D eigenvalue weighted by Gasteiger charge is 2.20. The molecule has 0 rings (SSSR count). The Balaban J connectivity index is 0. The molecule has 2 unspecified atom stereocenters. The van der Waals surface area contributed by atoms with E-state index in [9.17, 15) is 5.11 Å². The Labute approximate surface area is 119 Å². The number of aliphatic hydroxyl groups excluding tert-OH is 2. The van der Waals surface area contributed by atoms with Crippen molar-refractivity contribution in [2.75, 3.05) is 33.3 Å². The fourth-order valence-corrected chi connectivity index (χ4v) is 2.08. The van der Waals surface area contributed by atoms with Crippen LogP contribution in [0.5, 0.6) is 0 Å².